The predicted octanol–water partition coefficient (Wildman–Crippen LogP) is 5.50. The summed E-state index contributed by atoms with van der Waals surface area (Å²) in [4.78, 5) is 11.8. The maximum Gasteiger partial charge on any atom is 0.144 e. The third kappa shape index (κ3) is 2.84. The van der Waals surface area contributed by atoms with Crippen molar-refractivity contribution in [3.8, 4) is 0 Å². The maximum atomic E-state index is 6.40. The van der Waals surface area contributed by atoms with Crippen LogP contribution in [-0.2, 0) is 12.8 Å². The molecule has 6 rings (SSSR count). The summed E-state index contributed by atoms with van der Waals surface area (Å²) >= 11 is 6.40. The van der Waals surface area contributed by atoms with E-state index in [0.29, 0.717) is 6.04 Å². The summed E-state index contributed by atoms with van der Waals surface area (Å²) in [7, 11) is 0. The first-order valence-electron chi connectivity index (χ1n) is 10.9. The molecular weight excluding hydrogens is 380 g/mol. The van der Waals surface area contributed by atoms with Gasteiger partial charge in [-0.25, -0.2) is 4.98 Å². The smallest absolute Gasteiger partial charge is 0.144 e. The molecule has 5 heteroatoms. The molecule has 1 aliphatic carbocycles. The highest BCUT2D eigenvalue weighted by Crippen LogP contribution is 2.43. The highest BCUT2D eigenvalue weighted by molar-refractivity contribution is 6.31. The molecule has 0 spiro atoms. The standard InChI is InChI=1S/C24H25ClN4/c25-18-12-20-23-21-6-1-2-10-28(21)11-8-22(23)29(24(20)27-14-18)15-17-5-3-4-16-13-26-9-7-19(16)17/h7,9,12-15,21H,1-6,8,10-11H2/b17-15+. The Morgan fingerprint density at radius 1 is 1.07 bits per heavy atom. The lowest BCUT2D eigenvalue weighted by Crippen LogP contribution is -2.38. The molecule has 0 saturated carbocycles. The Kier molecular flexibility index (Phi) is 4.24. The van der Waals surface area contributed by atoms with E-state index in [-0.39, 0.29) is 0 Å². The van der Waals surface area contributed by atoms with Crippen LogP contribution in [0.4, 0.5) is 0 Å². The summed E-state index contributed by atoms with van der Waals surface area (Å²) < 4.78 is 2.39. The van der Waals surface area contributed by atoms with Crippen LogP contribution in [0.25, 0.3) is 22.8 Å². The van der Waals surface area contributed by atoms with E-state index in [9.17, 15) is 0 Å². The Morgan fingerprint density at radius 2 is 2.03 bits per heavy atom. The molecule has 1 saturated heterocycles. The molecule has 0 bridgehead atoms. The van der Waals surface area contributed by atoms with E-state index in [1.807, 2.05) is 12.4 Å². The van der Waals surface area contributed by atoms with E-state index in [0.717, 1.165) is 36.5 Å². The summed E-state index contributed by atoms with van der Waals surface area (Å²) in [6.07, 6.45) is 16.5. The van der Waals surface area contributed by atoms with Crippen molar-refractivity contribution in [1.29, 1.82) is 0 Å². The van der Waals surface area contributed by atoms with Gasteiger partial charge in [-0.3, -0.25) is 9.88 Å². The van der Waals surface area contributed by atoms with Crippen LogP contribution in [0.3, 0.4) is 0 Å². The fourth-order valence-electron chi connectivity index (χ4n) is 5.67. The molecule has 3 aliphatic rings. The van der Waals surface area contributed by atoms with Gasteiger partial charge in [0.1, 0.15) is 5.65 Å². The summed E-state index contributed by atoms with van der Waals surface area (Å²) in [5.74, 6) is 0. The van der Waals surface area contributed by atoms with Crippen molar-refractivity contribution in [2.45, 2.75) is 51.0 Å². The van der Waals surface area contributed by atoms with E-state index < -0.39 is 0 Å². The average molecular weight is 405 g/mol. The second-order valence-electron chi connectivity index (χ2n) is 8.59. The molecular formula is C24H25ClN4. The Hall–Kier alpha value is -2.17. The number of hydrogen-bond donors (Lipinski definition) is 0. The minimum atomic E-state index is 0.512. The van der Waals surface area contributed by atoms with Crippen LogP contribution < -0.4 is 0 Å². The summed E-state index contributed by atoms with van der Waals surface area (Å²) in [6, 6.07) is 4.82. The zero-order chi connectivity index (χ0) is 19.4. The molecule has 0 radical (unpaired) electrons. The van der Waals surface area contributed by atoms with Crippen LogP contribution in [0.15, 0.2) is 30.7 Å². The SMILES string of the molecule is Clc1cnc2c(c1)c1c(n2/C=C2\CCCc3cnccc32)CCN2CCCCC12. The zero-order valence-corrected chi connectivity index (χ0v) is 17.3. The molecule has 4 nitrogen and oxygen atoms in total. The minimum Gasteiger partial charge on any atom is -0.304 e. The molecule has 1 unspecified atom stereocenters. The van der Waals surface area contributed by atoms with Crippen LogP contribution in [0, 0.1) is 0 Å². The molecule has 148 valence electrons. The van der Waals surface area contributed by atoms with Crippen molar-refractivity contribution in [3.05, 3.63) is 58.1 Å². The largest absolute Gasteiger partial charge is 0.304 e. The van der Waals surface area contributed by atoms with Gasteiger partial charge >= 0.3 is 0 Å². The maximum absolute atomic E-state index is 6.40. The fourth-order valence-corrected chi connectivity index (χ4v) is 5.83. The minimum absolute atomic E-state index is 0.512. The van der Waals surface area contributed by atoms with Crippen LogP contribution in [-0.4, -0.2) is 32.5 Å². The van der Waals surface area contributed by atoms with Gasteiger partial charge in [0.25, 0.3) is 0 Å². The van der Waals surface area contributed by atoms with Gasteiger partial charge in [-0.15, -0.1) is 0 Å². The van der Waals surface area contributed by atoms with Crippen LogP contribution in [0.5, 0.6) is 0 Å². The van der Waals surface area contributed by atoms with E-state index in [4.69, 9.17) is 16.6 Å². The van der Waals surface area contributed by atoms with Crippen molar-refractivity contribution >= 4 is 34.4 Å². The number of rotatable bonds is 1. The molecule has 0 amide bonds. The van der Waals surface area contributed by atoms with Gasteiger partial charge in [0.05, 0.1) is 5.02 Å². The topological polar surface area (TPSA) is 34.0 Å². The Morgan fingerprint density at radius 3 is 3.00 bits per heavy atom. The van der Waals surface area contributed by atoms with Gasteiger partial charge in [0.15, 0.2) is 0 Å². The first-order valence-corrected chi connectivity index (χ1v) is 11.2. The number of piperidine rings is 1. The van der Waals surface area contributed by atoms with E-state index in [2.05, 4.69) is 32.8 Å². The van der Waals surface area contributed by atoms with Crippen LogP contribution >= 0.6 is 11.6 Å². The molecule has 1 fully saturated rings. The molecule has 3 aromatic heterocycles. The van der Waals surface area contributed by atoms with Crippen molar-refractivity contribution in [2.24, 2.45) is 0 Å². The third-order valence-electron chi connectivity index (χ3n) is 6.96. The summed E-state index contributed by atoms with van der Waals surface area (Å²) in [5, 5.41) is 1.97. The molecule has 5 heterocycles. The second kappa shape index (κ2) is 6.96. The quantitative estimate of drug-likeness (QED) is 0.536. The number of pyridine rings is 2. The lowest BCUT2D eigenvalue weighted by Gasteiger charge is -2.39. The van der Waals surface area contributed by atoms with Gasteiger partial charge in [-0.2, -0.15) is 0 Å². The van der Waals surface area contributed by atoms with Crippen LogP contribution in [0.2, 0.25) is 5.02 Å². The van der Waals surface area contributed by atoms with Gasteiger partial charge in [-0.05, 0) is 67.5 Å². The first-order chi connectivity index (χ1) is 14.3. The van der Waals surface area contributed by atoms with E-state index in [1.165, 1.54) is 65.6 Å². The molecule has 2 aliphatic heterocycles. The number of aryl methyl sites for hydroxylation is 1. The Bertz CT molecular complexity index is 1130. The number of aromatic nitrogens is 3. The molecule has 0 N–H and O–H groups in total. The number of fused-ring (bicyclic) bond motifs is 6. The van der Waals surface area contributed by atoms with Gasteiger partial charge < -0.3 is 4.57 Å². The number of nitrogens with zero attached hydrogens (tertiary/aromatic N) is 4. The van der Waals surface area contributed by atoms with Crippen molar-refractivity contribution in [2.75, 3.05) is 13.1 Å². The zero-order valence-electron chi connectivity index (χ0n) is 16.6. The third-order valence-corrected chi connectivity index (χ3v) is 7.17. The number of halogens is 1. The predicted molar refractivity (Wildman–Crippen MR) is 118 cm³/mol. The molecule has 3 aromatic rings. The van der Waals surface area contributed by atoms with Crippen molar-refractivity contribution in [3.63, 3.8) is 0 Å². The molecule has 29 heavy (non-hydrogen) atoms. The van der Waals surface area contributed by atoms with Gasteiger partial charge in [0, 0.05) is 60.4 Å². The van der Waals surface area contributed by atoms with E-state index >= 15 is 0 Å². The second-order valence-corrected chi connectivity index (χ2v) is 9.03. The van der Waals surface area contributed by atoms with Crippen molar-refractivity contribution in [1.82, 2.24) is 19.4 Å². The highest BCUT2D eigenvalue weighted by atomic mass is 35.5. The summed E-state index contributed by atoms with van der Waals surface area (Å²) in [5.41, 5.74) is 8.09. The van der Waals surface area contributed by atoms with Gasteiger partial charge in [0.2, 0.25) is 0 Å². The van der Waals surface area contributed by atoms with Crippen molar-refractivity contribution < 1.29 is 0 Å². The van der Waals surface area contributed by atoms with E-state index in [1.54, 1.807) is 6.20 Å². The normalized spacial score (nSPS) is 23.1. The first kappa shape index (κ1) is 17.7. The van der Waals surface area contributed by atoms with Crippen LogP contribution in [0.1, 0.15) is 60.5 Å². The Balaban J connectivity index is 1.57. The number of hydrogen-bond acceptors (Lipinski definition) is 3. The lowest BCUT2D eigenvalue weighted by atomic mass is 9.88. The molecule has 1 atom stereocenters. The lowest BCUT2D eigenvalue weighted by molar-refractivity contribution is 0.139. The highest BCUT2D eigenvalue weighted by Gasteiger charge is 2.34. The monoisotopic (exact) mass is 404 g/mol. The van der Waals surface area contributed by atoms with Gasteiger partial charge in [-0.1, -0.05) is 18.0 Å². The summed E-state index contributed by atoms with van der Waals surface area (Å²) in [6.45, 7) is 2.36. The Labute approximate surface area is 176 Å². The number of allylic oxidation sites excluding steroid dienone is 1. The fraction of sp³-hybridized carbons (Fsp3) is 0.417. The molecule has 0 aromatic carbocycles. The average Bonchev–Trinajstić information content (AvgIpc) is 3.07.